The third-order valence-electron chi connectivity index (χ3n) is 4.60. The standard InChI is InChI=1S/C21H29NO2/c1-3-4-5-6-7-8-9-10-18-11-13-19(14-12-18)22-16-15-20(23)21(24)17(22)2/h11-16,24H,3-10H2,1-2H3. The highest BCUT2D eigenvalue weighted by Crippen LogP contribution is 2.17. The van der Waals surface area contributed by atoms with Crippen molar-refractivity contribution < 1.29 is 5.11 Å². The summed E-state index contributed by atoms with van der Waals surface area (Å²) in [7, 11) is 0. The molecular weight excluding hydrogens is 298 g/mol. The fourth-order valence-electron chi connectivity index (χ4n) is 3.01. The van der Waals surface area contributed by atoms with Crippen molar-refractivity contribution in [3.63, 3.8) is 0 Å². The Morgan fingerprint density at radius 3 is 2.21 bits per heavy atom. The number of rotatable bonds is 9. The Kier molecular flexibility index (Phi) is 7.10. The lowest BCUT2D eigenvalue weighted by atomic mass is 10.0. The summed E-state index contributed by atoms with van der Waals surface area (Å²) in [5.41, 5.74) is 2.54. The fraction of sp³-hybridized carbons (Fsp3) is 0.476. The predicted octanol–water partition coefficient (Wildman–Crippen LogP) is 5.14. The van der Waals surface area contributed by atoms with E-state index >= 15 is 0 Å². The van der Waals surface area contributed by atoms with E-state index in [1.165, 1.54) is 56.6 Å². The maximum atomic E-state index is 11.4. The largest absolute Gasteiger partial charge is 0.503 e. The first-order chi connectivity index (χ1) is 11.6. The van der Waals surface area contributed by atoms with Crippen LogP contribution in [0, 0.1) is 6.92 Å². The molecule has 0 aliphatic heterocycles. The summed E-state index contributed by atoms with van der Waals surface area (Å²) < 4.78 is 1.84. The van der Waals surface area contributed by atoms with Crippen molar-refractivity contribution in [2.75, 3.05) is 0 Å². The summed E-state index contributed by atoms with van der Waals surface area (Å²) >= 11 is 0. The van der Waals surface area contributed by atoms with Crippen molar-refractivity contribution in [2.45, 2.75) is 65.2 Å². The highest BCUT2D eigenvalue weighted by molar-refractivity contribution is 5.40. The van der Waals surface area contributed by atoms with E-state index in [9.17, 15) is 9.90 Å². The molecule has 1 N–H and O–H groups in total. The number of hydrogen-bond donors (Lipinski definition) is 1. The van der Waals surface area contributed by atoms with Crippen molar-refractivity contribution >= 4 is 0 Å². The third kappa shape index (κ3) is 4.98. The second-order valence-corrected chi connectivity index (χ2v) is 6.52. The number of nitrogens with zero attached hydrogens (tertiary/aromatic N) is 1. The zero-order valence-electron chi connectivity index (χ0n) is 14.9. The maximum Gasteiger partial charge on any atom is 0.223 e. The number of pyridine rings is 1. The van der Waals surface area contributed by atoms with E-state index in [0.29, 0.717) is 5.69 Å². The van der Waals surface area contributed by atoms with Gasteiger partial charge in [0.2, 0.25) is 5.43 Å². The molecular formula is C21H29NO2. The van der Waals surface area contributed by atoms with E-state index in [-0.39, 0.29) is 11.2 Å². The number of hydrogen-bond acceptors (Lipinski definition) is 2. The summed E-state index contributed by atoms with van der Waals surface area (Å²) in [6.07, 6.45) is 12.1. The molecule has 0 unspecified atom stereocenters. The van der Waals surface area contributed by atoms with E-state index in [4.69, 9.17) is 0 Å². The van der Waals surface area contributed by atoms with Crippen LogP contribution in [0.15, 0.2) is 41.3 Å². The van der Waals surface area contributed by atoms with E-state index in [2.05, 4.69) is 19.1 Å². The van der Waals surface area contributed by atoms with Crippen molar-refractivity contribution in [2.24, 2.45) is 0 Å². The minimum absolute atomic E-state index is 0.176. The monoisotopic (exact) mass is 327 g/mol. The smallest absolute Gasteiger partial charge is 0.223 e. The second kappa shape index (κ2) is 9.31. The van der Waals surface area contributed by atoms with Gasteiger partial charge in [-0.1, -0.05) is 57.6 Å². The van der Waals surface area contributed by atoms with Crippen molar-refractivity contribution in [1.82, 2.24) is 4.57 Å². The first kappa shape index (κ1) is 18.3. The van der Waals surface area contributed by atoms with Gasteiger partial charge in [-0.2, -0.15) is 0 Å². The molecule has 0 amide bonds. The summed E-state index contributed by atoms with van der Waals surface area (Å²) in [6, 6.07) is 9.78. The van der Waals surface area contributed by atoms with E-state index < -0.39 is 0 Å². The quantitative estimate of drug-likeness (QED) is 0.648. The maximum absolute atomic E-state index is 11.4. The van der Waals surface area contributed by atoms with Gasteiger partial charge in [-0.3, -0.25) is 4.79 Å². The molecule has 0 saturated carbocycles. The Bertz CT molecular complexity index is 686. The van der Waals surface area contributed by atoms with Gasteiger partial charge >= 0.3 is 0 Å². The molecule has 1 heterocycles. The number of benzene rings is 1. The molecule has 0 aliphatic carbocycles. The molecule has 1 aromatic carbocycles. The Hall–Kier alpha value is -2.03. The molecule has 0 radical (unpaired) electrons. The van der Waals surface area contributed by atoms with Crippen LogP contribution in [0.1, 0.15) is 63.1 Å². The van der Waals surface area contributed by atoms with Crippen molar-refractivity contribution in [1.29, 1.82) is 0 Å². The minimum atomic E-state index is -0.334. The van der Waals surface area contributed by atoms with E-state index in [0.717, 1.165) is 12.1 Å². The van der Waals surface area contributed by atoms with Gasteiger partial charge in [0.15, 0.2) is 5.75 Å². The zero-order chi connectivity index (χ0) is 17.4. The lowest BCUT2D eigenvalue weighted by molar-refractivity contribution is 0.459. The first-order valence-electron chi connectivity index (χ1n) is 9.14. The topological polar surface area (TPSA) is 42.2 Å². The average molecular weight is 327 g/mol. The SMILES string of the molecule is CCCCCCCCCc1ccc(-n2ccc(=O)c(O)c2C)cc1. The molecule has 2 rings (SSSR count). The number of aryl methyl sites for hydroxylation is 1. The van der Waals surface area contributed by atoms with Gasteiger partial charge in [-0.25, -0.2) is 0 Å². The molecule has 3 nitrogen and oxygen atoms in total. The van der Waals surface area contributed by atoms with Gasteiger partial charge in [0.25, 0.3) is 0 Å². The summed E-state index contributed by atoms with van der Waals surface area (Å²) in [5, 5.41) is 9.79. The van der Waals surface area contributed by atoms with Gasteiger partial charge in [-0.15, -0.1) is 0 Å². The first-order valence-corrected chi connectivity index (χ1v) is 9.14. The van der Waals surface area contributed by atoms with Crippen LogP contribution >= 0.6 is 0 Å². The predicted molar refractivity (Wildman–Crippen MR) is 100 cm³/mol. The van der Waals surface area contributed by atoms with Gasteiger partial charge in [0.1, 0.15) is 0 Å². The Balaban J connectivity index is 1.87. The highest BCUT2D eigenvalue weighted by atomic mass is 16.3. The Morgan fingerprint density at radius 1 is 0.917 bits per heavy atom. The summed E-state index contributed by atoms with van der Waals surface area (Å²) in [4.78, 5) is 11.4. The molecule has 0 saturated heterocycles. The molecule has 1 aromatic heterocycles. The van der Waals surface area contributed by atoms with Crippen LogP contribution in [0.4, 0.5) is 0 Å². The van der Waals surface area contributed by atoms with Crippen molar-refractivity contribution in [3.05, 3.63) is 58.0 Å². The molecule has 0 bridgehead atoms. The average Bonchev–Trinajstić information content (AvgIpc) is 2.60. The molecule has 0 fully saturated rings. The lowest BCUT2D eigenvalue weighted by Gasteiger charge is -2.12. The van der Waals surface area contributed by atoms with Gasteiger partial charge < -0.3 is 9.67 Å². The van der Waals surface area contributed by atoms with Gasteiger partial charge in [-0.05, 0) is 37.5 Å². The van der Waals surface area contributed by atoms with E-state index in [1.54, 1.807) is 13.1 Å². The van der Waals surface area contributed by atoms with Crippen LogP contribution in [0.5, 0.6) is 5.75 Å². The molecule has 0 atom stereocenters. The zero-order valence-corrected chi connectivity index (χ0v) is 14.9. The molecule has 24 heavy (non-hydrogen) atoms. The lowest BCUT2D eigenvalue weighted by Crippen LogP contribution is -2.08. The Morgan fingerprint density at radius 2 is 1.54 bits per heavy atom. The molecule has 3 heteroatoms. The minimum Gasteiger partial charge on any atom is -0.503 e. The van der Waals surface area contributed by atoms with Crippen molar-refractivity contribution in [3.8, 4) is 11.4 Å². The normalized spacial score (nSPS) is 10.9. The van der Waals surface area contributed by atoms with Crippen LogP contribution in [0.2, 0.25) is 0 Å². The van der Waals surface area contributed by atoms with Crippen LogP contribution in [0.25, 0.3) is 5.69 Å². The molecule has 0 aliphatic rings. The van der Waals surface area contributed by atoms with Crippen LogP contribution < -0.4 is 5.43 Å². The molecule has 130 valence electrons. The highest BCUT2D eigenvalue weighted by Gasteiger charge is 2.06. The van der Waals surface area contributed by atoms with Crippen LogP contribution in [-0.2, 0) is 6.42 Å². The number of aromatic nitrogens is 1. The molecule has 2 aromatic rings. The van der Waals surface area contributed by atoms with Crippen LogP contribution in [0.3, 0.4) is 0 Å². The fourth-order valence-corrected chi connectivity index (χ4v) is 3.01. The Labute approximate surface area is 145 Å². The van der Waals surface area contributed by atoms with Crippen LogP contribution in [-0.4, -0.2) is 9.67 Å². The molecule has 0 spiro atoms. The van der Waals surface area contributed by atoms with Gasteiger partial charge in [0.05, 0.1) is 5.69 Å². The summed E-state index contributed by atoms with van der Waals surface area (Å²) in [5.74, 6) is -0.176. The van der Waals surface area contributed by atoms with Gasteiger partial charge in [0, 0.05) is 18.0 Å². The number of aromatic hydroxyl groups is 1. The third-order valence-corrected chi connectivity index (χ3v) is 4.60. The number of unbranched alkanes of at least 4 members (excludes halogenated alkanes) is 6. The second-order valence-electron chi connectivity index (χ2n) is 6.52. The van der Waals surface area contributed by atoms with E-state index in [1.807, 2.05) is 16.7 Å². The summed E-state index contributed by atoms with van der Waals surface area (Å²) in [6.45, 7) is 4.00.